The lowest BCUT2D eigenvalue weighted by atomic mass is 10.1. The predicted octanol–water partition coefficient (Wildman–Crippen LogP) is 2.84. The van der Waals surface area contributed by atoms with Crippen molar-refractivity contribution >= 4 is 6.03 Å². The Kier molecular flexibility index (Phi) is 5.66. The zero-order valence-corrected chi connectivity index (χ0v) is 14.6. The third-order valence-electron chi connectivity index (χ3n) is 4.69. The Morgan fingerprint density at radius 3 is 2.92 bits per heavy atom. The molecule has 0 fully saturated rings. The summed E-state index contributed by atoms with van der Waals surface area (Å²) in [4.78, 5) is 18.3. The van der Waals surface area contributed by atoms with E-state index in [1.807, 2.05) is 36.5 Å². The van der Waals surface area contributed by atoms with Gasteiger partial charge in [-0.3, -0.25) is 4.98 Å². The van der Waals surface area contributed by atoms with Crippen molar-refractivity contribution in [3.8, 4) is 0 Å². The van der Waals surface area contributed by atoms with E-state index in [0.717, 1.165) is 24.0 Å². The highest BCUT2D eigenvalue weighted by Gasteiger charge is 2.14. The highest BCUT2D eigenvalue weighted by atomic mass is 16.3. The molecular formula is C20H25N3O2. The van der Waals surface area contributed by atoms with Crippen molar-refractivity contribution in [2.24, 2.45) is 0 Å². The van der Waals surface area contributed by atoms with Gasteiger partial charge in [0.25, 0.3) is 0 Å². The molecule has 132 valence electrons. The van der Waals surface area contributed by atoms with Crippen molar-refractivity contribution in [1.82, 2.24) is 15.2 Å². The first-order valence-electron chi connectivity index (χ1n) is 8.82. The van der Waals surface area contributed by atoms with Gasteiger partial charge >= 0.3 is 6.03 Å². The average Bonchev–Trinajstić information content (AvgIpc) is 3.12. The zero-order valence-electron chi connectivity index (χ0n) is 14.6. The molecule has 1 heterocycles. The summed E-state index contributed by atoms with van der Waals surface area (Å²) < 4.78 is 0. The quantitative estimate of drug-likeness (QED) is 0.850. The third-order valence-corrected chi connectivity index (χ3v) is 4.69. The van der Waals surface area contributed by atoms with Gasteiger partial charge in [-0.25, -0.2) is 4.79 Å². The number of fused-ring (bicyclic) bond motifs is 1. The van der Waals surface area contributed by atoms with Crippen LogP contribution >= 0.6 is 0 Å². The summed E-state index contributed by atoms with van der Waals surface area (Å²) in [7, 11) is 1.74. The van der Waals surface area contributed by atoms with Gasteiger partial charge in [-0.05, 0) is 42.4 Å². The van der Waals surface area contributed by atoms with Crippen LogP contribution in [0.25, 0.3) is 0 Å². The van der Waals surface area contributed by atoms with Crippen LogP contribution in [0, 0.1) is 0 Å². The van der Waals surface area contributed by atoms with Crippen LogP contribution in [0.2, 0.25) is 0 Å². The highest BCUT2D eigenvalue weighted by molar-refractivity contribution is 5.73. The Bertz CT molecular complexity index is 718. The van der Waals surface area contributed by atoms with Crippen LogP contribution in [0.3, 0.4) is 0 Å². The fourth-order valence-corrected chi connectivity index (χ4v) is 3.14. The van der Waals surface area contributed by atoms with Crippen molar-refractivity contribution in [2.45, 2.75) is 38.3 Å². The van der Waals surface area contributed by atoms with Crippen molar-refractivity contribution in [1.29, 1.82) is 0 Å². The molecule has 0 radical (unpaired) electrons. The fraction of sp³-hybridized carbons (Fsp3) is 0.400. The molecule has 2 N–H and O–H groups in total. The molecule has 1 aliphatic carbocycles. The molecule has 1 aromatic heterocycles. The van der Waals surface area contributed by atoms with Crippen LogP contribution in [0.5, 0.6) is 0 Å². The van der Waals surface area contributed by atoms with Crippen molar-refractivity contribution < 1.29 is 9.90 Å². The molecule has 1 unspecified atom stereocenters. The Hall–Kier alpha value is -2.40. The number of aliphatic hydroxyl groups is 1. The molecule has 5 heteroatoms. The summed E-state index contributed by atoms with van der Waals surface area (Å²) in [5, 5.41) is 13.1. The number of hydrogen-bond donors (Lipinski definition) is 2. The number of carbonyl (C=O) groups excluding carboxylic acids is 1. The largest absolute Gasteiger partial charge is 0.388 e. The second kappa shape index (κ2) is 8.12. The molecule has 5 nitrogen and oxygen atoms in total. The third kappa shape index (κ3) is 4.57. The number of aliphatic hydroxyl groups excluding tert-OH is 1. The van der Waals surface area contributed by atoms with E-state index >= 15 is 0 Å². The number of aromatic nitrogens is 1. The van der Waals surface area contributed by atoms with Gasteiger partial charge in [0.1, 0.15) is 0 Å². The van der Waals surface area contributed by atoms with Gasteiger partial charge in [-0.15, -0.1) is 0 Å². The highest BCUT2D eigenvalue weighted by Crippen LogP contribution is 2.20. The van der Waals surface area contributed by atoms with E-state index in [1.54, 1.807) is 11.9 Å². The van der Waals surface area contributed by atoms with E-state index in [4.69, 9.17) is 0 Å². The van der Waals surface area contributed by atoms with Gasteiger partial charge in [0.2, 0.25) is 0 Å². The van der Waals surface area contributed by atoms with Gasteiger partial charge in [-0.1, -0.05) is 36.4 Å². The van der Waals surface area contributed by atoms with Gasteiger partial charge in [0.05, 0.1) is 6.10 Å². The van der Waals surface area contributed by atoms with E-state index in [1.165, 1.54) is 17.7 Å². The van der Waals surface area contributed by atoms with Gasteiger partial charge in [-0.2, -0.15) is 0 Å². The maximum Gasteiger partial charge on any atom is 0.317 e. The summed E-state index contributed by atoms with van der Waals surface area (Å²) in [5.41, 5.74) is 4.42. The van der Waals surface area contributed by atoms with Crippen LogP contribution in [0.1, 0.15) is 41.3 Å². The smallest absolute Gasteiger partial charge is 0.317 e. The standard InChI is InChI=1S/C20H25N3O2/c1-23(11-10-19(24)16-6-3-2-4-7-16)20(25)22-14-15-12-17-8-5-9-18(17)21-13-15/h2-4,6-7,12-13,19,24H,5,8-11,14H2,1H3,(H,22,25). The number of rotatable bonds is 6. The maximum atomic E-state index is 12.2. The zero-order chi connectivity index (χ0) is 17.6. The van der Waals surface area contributed by atoms with E-state index in [0.29, 0.717) is 19.5 Å². The van der Waals surface area contributed by atoms with E-state index in [9.17, 15) is 9.90 Å². The maximum absolute atomic E-state index is 12.2. The molecule has 0 spiro atoms. The Morgan fingerprint density at radius 1 is 1.32 bits per heavy atom. The molecule has 2 aromatic rings. The molecule has 2 amide bonds. The molecule has 1 aliphatic rings. The number of benzene rings is 1. The van der Waals surface area contributed by atoms with Crippen LogP contribution in [0.4, 0.5) is 4.79 Å². The Labute approximate surface area is 148 Å². The molecule has 0 saturated heterocycles. The molecular weight excluding hydrogens is 314 g/mol. The first-order valence-corrected chi connectivity index (χ1v) is 8.82. The summed E-state index contributed by atoms with van der Waals surface area (Å²) >= 11 is 0. The monoisotopic (exact) mass is 339 g/mol. The van der Waals surface area contributed by atoms with Crippen molar-refractivity contribution in [3.63, 3.8) is 0 Å². The van der Waals surface area contributed by atoms with E-state index < -0.39 is 6.10 Å². The minimum atomic E-state index is -0.558. The number of carbonyl (C=O) groups is 1. The number of nitrogens with one attached hydrogen (secondary N) is 1. The number of pyridine rings is 1. The van der Waals surface area contributed by atoms with Gasteiger partial charge in [0, 0.05) is 32.0 Å². The lowest BCUT2D eigenvalue weighted by Gasteiger charge is -2.20. The molecule has 0 aliphatic heterocycles. The fourth-order valence-electron chi connectivity index (χ4n) is 3.14. The number of aryl methyl sites for hydroxylation is 2. The Morgan fingerprint density at radius 2 is 2.12 bits per heavy atom. The van der Waals surface area contributed by atoms with Crippen LogP contribution in [-0.2, 0) is 19.4 Å². The van der Waals surface area contributed by atoms with Crippen LogP contribution in [-0.4, -0.2) is 34.6 Å². The topological polar surface area (TPSA) is 65.5 Å². The van der Waals surface area contributed by atoms with Crippen molar-refractivity contribution in [2.75, 3.05) is 13.6 Å². The molecule has 3 rings (SSSR count). The minimum Gasteiger partial charge on any atom is -0.388 e. The first kappa shape index (κ1) is 17.4. The predicted molar refractivity (Wildman–Crippen MR) is 97.1 cm³/mol. The first-order chi connectivity index (χ1) is 12.1. The lowest BCUT2D eigenvalue weighted by molar-refractivity contribution is 0.150. The molecule has 0 bridgehead atoms. The van der Waals surface area contributed by atoms with Crippen LogP contribution < -0.4 is 5.32 Å². The molecule has 25 heavy (non-hydrogen) atoms. The van der Waals surface area contributed by atoms with Crippen molar-refractivity contribution in [3.05, 3.63) is 65.0 Å². The summed E-state index contributed by atoms with van der Waals surface area (Å²) in [6, 6.07) is 11.5. The number of nitrogens with zero attached hydrogens (tertiary/aromatic N) is 2. The lowest BCUT2D eigenvalue weighted by Crippen LogP contribution is -2.37. The number of hydrogen-bond acceptors (Lipinski definition) is 3. The Balaban J connectivity index is 1.44. The van der Waals surface area contributed by atoms with Gasteiger partial charge in [0.15, 0.2) is 0 Å². The number of urea groups is 1. The molecule has 1 atom stereocenters. The molecule has 1 aromatic carbocycles. The van der Waals surface area contributed by atoms with Gasteiger partial charge < -0.3 is 15.3 Å². The van der Waals surface area contributed by atoms with E-state index in [-0.39, 0.29) is 6.03 Å². The summed E-state index contributed by atoms with van der Waals surface area (Å²) in [5.74, 6) is 0. The number of amides is 2. The van der Waals surface area contributed by atoms with Crippen LogP contribution in [0.15, 0.2) is 42.6 Å². The second-order valence-corrected chi connectivity index (χ2v) is 6.60. The normalized spacial score (nSPS) is 14.0. The second-order valence-electron chi connectivity index (χ2n) is 6.60. The summed E-state index contributed by atoms with van der Waals surface area (Å²) in [6.45, 7) is 0.967. The molecule has 0 saturated carbocycles. The summed E-state index contributed by atoms with van der Waals surface area (Å²) in [6.07, 6.45) is 5.12. The SMILES string of the molecule is CN(CCC(O)c1ccccc1)C(=O)NCc1cnc2c(c1)CCC2. The minimum absolute atomic E-state index is 0.138. The van der Waals surface area contributed by atoms with E-state index in [2.05, 4.69) is 16.4 Å². The average molecular weight is 339 g/mol.